The largest absolute Gasteiger partial charge is 0.495 e. The molecule has 4 aromatic carbocycles. The number of hydrogen-bond donors (Lipinski definition) is 1. The van der Waals surface area contributed by atoms with Gasteiger partial charge in [-0.1, -0.05) is 72.8 Å². The molecule has 0 radical (unpaired) electrons. The summed E-state index contributed by atoms with van der Waals surface area (Å²) in [6.07, 6.45) is 0. The van der Waals surface area contributed by atoms with Gasteiger partial charge in [0.05, 0.1) is 35.9 Å². The minimum absolute atomic E-state index is 0.0327. The number of anilines is 2. The van der Waals surface area contributed by atoms with Crippen LogP contribution >= 0.6 is 0 Å². The molecule has 2 atom stereocenters. The predicted molar refractivity (Wildman–Crippen MR) is 154 cm³/mol. The summed E-state index contributed by atoms with van der Waals surface area (Å²) >= 11 is 0. The summed E-state index contributed by atoms with van der Waals surface area (Å²) in [5.74, 6) is -3.25. The Morgan fingerprint density at radius 3 is 1.79 bits per heavy atom. The maximum atomic E-state index is 14.1. The molecule has 8 heteroatoms. The summed E-state index contributed by atoms with van der Waals surface area (Å²) in [4.78, 5) is 55.3. The van der Waals surface area contributed by atoms with Crippen molar-refractivity contribution >= 4 is 35.1 Å². The molecule has 8 nitrogen and oxygen atoms in total. The number of imide groups is 1. The first-order valence-corrected chi connectivity index (χ1v) is 13.7. The number of carbonyl (C=O) groups is 4. The average Bonchev–Trinajstić information content (AvgIpc) is 3.29. The van der Waals surface area contributed by atoms with Crippen LogP contribution in [0.4, 0.5) is 11.4 Å². The molecule has 4 aliphatic rings. The summed E-state index contributed by atoms with van der Waals surface area (Å²) in [6, 6.07) is 29.3. The Kier molecular flexibility index (Phi) is 6.12. The van der Waals surface area contributed by atoms with E-state index < -0.39 is 30.3 Å². The Morgan fingerprint density at radius 2 is 1.21 bits per heavy atom. The fourth-order valence-corrected chi connectivity index (χ4v) is 6.90. The Bertz CT molecular complexity index is 1670. The van der Waals surface area contributed by atoms with Gasteiger partial charge >= 0.3 is 5.97 Å². The molecule has 1 N–H and O–H groups in total. The number of benzene rings is 4. The van der Waals surface area contributed by atoms with Gasteiger partial charge < -0.3 is 14.8 Å². The topological polar surface area (TPSA) is 102 Å². The van der Waals surface area contributed by atoms with Crippen LogP contribution in [0, 0.1) is 11.8 Å². The van der Waals surface area contributed by atoms with E-state index in [1.54, 1.807) is 42.5 Å². The van der Waals surface area contributed by atoms with Crippen molar-refractivity contribution in [1.82, 2.24) is 0 Å². The molecule has 1 heterocycles. The fraction of sp³-hybridized carbons (Fsp3) is 0.176. The second kappa shape index (κ2) is 9.99. The second-order valence-electron chi connectivity index (χ2n) is 10.6. The molecule has 3 aliphatic carbocycles. The van der Waals surface area contributed by atoms with Crippen molar-refractivity contribution in [3.8, 4) is 5.75 Å². The molecule has 0 unspecified atom stereocenters. The lowest BCUT2D eigenvalue weighted by Crippen LogP contribution is -2.41. The van der Waals surface area contributed by atoms with Crippen LogP contribution in [-0.4, -0.2) is 37.4 Å². The van der Waals surface area contributed by atoms with Crippen molar-refractivity contribution in [2.75, 3.05) is 23.9 Å². The predicted octanol–water partition coefficient (Wildman–Crippen LogP) is 4.89. The van der Waals surface area contributed by atoms with Gasteiger partial charge in [0.25, 0.3) is 5.91 Å². The molecule has 0 saturated carbocycles. The Labute approximate surface area is 241 Å². The van der Waals surface area contributed by atoms with Gasteiger partial charge in [0.2, 0.25) is 11.8 Å². The van der Waals surface area contributed by atoms with Crippen molar-refractivity contribution < 1.29 is 28.7 Å². The van der Waals surface area contributed by atoms with Crippen LogP contribution < -0.4 is 15.0 Å². The molecule has 4 aromatic rings. The van der Waals surface area contributed by atoms with Gasteiger partial charge in [-0.25, -0.2) is 9.69 Å². The number of amides is 3. The highest BCUT2D eigenvalue weighted by Crippen LogP contribution is 2.61. The van der Waals surface area contributed by atoms with Crippen molar-refractivity contribution in [1.29, 1.82) is 0 Å². The summed E-state index contributed by atoms with van der Waals surface area (Å²) in [5.41, 5.74) is 4.90. The Balaban J connectivity index is 1.17. The van der Waals surface area contributed by atoms with Crippen molar-refractivity contribution in [2.24, 2.45) is 11.8 Å². The first-order chi connectivity index (χ1) is 20.5. The van der Waals surface area contributed by atoms with Crippen LogP contribution in [0.15, 0.2) is 97.1 Å². The molecule has 3 amide bonds. The monoisotopic (exact) mass is 558 g/mol. The number of rotatable bonds is 6. The molecule has 1 aliphatic heterocycles. The van der Waals surface area contributed by atoms with Crippen LogP contribution in [0.2, 0.25) is 0 Å². The van der Waals surface area contributed by atoms with Gasteiger partial charge in [-0.05, 0) is 46.5 Å². The molecular weight excluding hydrogens is 532 g/mol. The van der Waals surface area contributed by atoms with Crippen LogP contribution in [-0.2, 0) is 19.1 Å². The van der Waals surface area contributed by atoms with E-state index >= 15 is 0 Å². The van der Waals surface area contributed by atoms with Crippen molar-refractivity contribution in [3.63, 3.8) is 0 Å². The quantitative estimate of drug-likeness (QED) is 0.267. The number of ether oxygens (including phenoxy) is 2. The summed E-state index contributed by atoms with van der Waals surface area (Å²) in [6.45, 7) is -0.562. The zero-order valence-corrected chi connectivity index (χ0v) is 22.7. The smallest absolute Gasteiger partial charge is 0.340 e. The number of nitrogens with zero attached hydrogens (tertiary/aromatic N) is 1. The normalized spacial score (nSPS) is 21.3. The highest BCUT2D eigenvalue weighted by atomic mass is 16.5. The van der Waals surface area contributed by atoms with Crippen molar-refractivity contribution in [3.05, 3.63) is 125 Å². The molecule has 0 aromatic heterocycles. The van der Waals surface area contributed by atoms with Crippen LogP contribution in [0.3, 0.4) is 0 Å². The van der Waals surface area contributed by atoms with Crippen LogP contribution in [0.5, 0.6) is 5.75 Å². The van der Waals surface area contributed by atoms with E-state index in [0.29, 0.717) is 11.4 Å². The van der Waals surface area contributed by atoms with Gasteiger partial charge in [0, 0.05) is 11.8 Å². The van der Waals surface area contributed by atoms with Gasteiger partial charge in [0.15, 0.2) is 6.61 Å². The number of carbonyl (C=O) groups excluding carboxylic acids is 4. The molecule has 42 heavy (non-hydrogen) atoms. The summed E-state index contributed by atoms with van der Waals surface area (Å²) < 4.78 is 10.6. The average molecular weight is 559 g/mol. The zero-order chi connectivity index (χ0) is 29.0. The van der Waals surface area contributed by atoms with E-state index in [2.05, 4.69) is 5.32 Å². The highest BCUT2D eigenvalue weighted by molar-refractivity contribution is 6.25. The third-order valence-electron chi connectivity index (χ3n) is 8.53. The molecule has 8 rings (SSSR count). The standard InChI is InChI=1S/C34H26N2O6/c1-41-26-17-9-7-15-24(26)35-27(37)18-42-34(40)23-14-6-8-16-25(23)36-32(38)30-28-19-10-2-3-11-20(19)29(31(30)33(36)39)22-13-5-4-12-21(22)28/h2-17,28-31H,18H2,1H3,(H,35,37)/t28?,29?,30-,31-/m1/s1. The maximum absolute atomic E-state index is 14.1. The van der Waals surface area contributed by atoms with E-state index in [9.17, 15) is 19.2 Å². The Morgan fingerprint density at radius 1 is 0.714 bits per heavy atom. The van der Waals surface area contributed by atoms with Crippen LogP contribution in [0.1, 0.15) is 44.4 Å². The maximum Gasteiger partial charge on any atom is 0.340 e. The minimum atomic E-state index is -0.814. The number of hydrogen-bond acceptors (Lipinski definition) is 6. The van der Waals surface area contributed by atoms with E-state index in [-0.39, 0.29) is 34.9 Å². The molecule has 0 spiro atoms. The first kappa shape index (κ1) is 25.7. The van der Waals surface area contributed by atoms with E-state index in [1.807, 2.05) is 48.5 Å². The van der Waals surface area contributed by atoms with Gasteiger partial charge in [-0.3, -0.25) is 14.4 Å². The van der Waals surface area contributed by atoms with Crippen molar-refractivity contribution in [2.45, 2.75) is 11.8 Å². The van der Waals surface area contributed by atoms with E-state index in [1.165, 1.54) is 13.2 Å². The van der Waals surface area contributed by atoms with E-state index in [0.717, 1.165) is 27.2 Å². The van der Waals surface area contributed by atoms with Gasteiger partial charge in [-0.2, -0.15) is 0 Å². The molecular formula is C34H26N2O6. The van der Waals surface area contributed by atoms with Gasteiger partial charge in [0.1, 0.15) is 5.75 Å². The summed E-state index contributed by atoms with van der Waals surface area (Å²) in [7, 11) is 1.49. The number of para-hydroxylation sites is 3. The first-order valence-electron chi connectivity index (χ1n) is 13.7. The molecule has 1 saturated heterocycles. The molecule has 208 valence electrons. The lowest BCUT2D eigenvalue weighted by molar-refractivity contribution is -0.122. The number of methoxy groups -OCH3 is 1. The number of nitrogens with one attached hydrogen (secondary N) is 1. The van der Waals surface area contributed by atoms with Crippen LogP contribution in [0.25, 0.3) is 0 Å². The molecule has 2 bridgehead atoms. The zero-order valence-electron chi connectivity index (χ0n) is 22.7. The molecule has 1 fully saturated rings. The fourth-order valence-electron chi connectivity index (χ4n) is 6.90. The van der Waals surface area contributed by atoms with E-state index in [4.69, 9.17) is 9.47 Å². The third kappa shape index (κ3) is 3.83. The van der Waals surface area contributed by atoms with Gasteiger partial charge in [-0.15, -0.1) is 0 Å². The second-order valence-corrected chi connectivity index (χ2v) is 10.6. The number of esters is 1. The lowest BCUT2D eigenvalue weighted by atomic mass is 9.55. The summed E-state index contributed by atoms with van der Waals surface area (Å²) in [5, 5.41) is 2.66. The highest BCUT2D eigenvalue weighted by Gasteiger charge is 2.62. The SMILES string of the molecule is COc1ccccc1NC(=O)COC(=O)c1ccccc1N1C(=O)[C@@H]2C3c4ccccc4C(c4ccccc43)[C@H]2C1=O. The lowest BCUT2D eigenvalue weighted by Gasteiger charge is -2.45. The third-order valence-corrected chi connectivity index (χ3v) is 8.53. The minimum Gasteiger partial charge on any atom is -0.495 e. The Hall–Kier alpha value is -5.24.